The van der Waals surface area contributed by atoms with Gasteiger partial charge in [0.1, 0.15) is 0 Å². The summed E-state index contributed by atoms with van der Waals surface area (Å²) in [5.41, 5.74) is 0.309. The molecule has 0 aliphatic rings. The first-order valence-corrected chi connectivity index (χ1v) is 5.52. The molecule has 0 bridgehead atoms. The topological polar surface area (TPSA) is 0 Å². The Kier molecular flexibility index (Phi) is 4.74. The van der Waals surface area contributed by atoms with Gasteiger partial charge in [0.2, 0.25) is 0 Å². The van der Waals surface area contributed by atoms with Crippen molar-refractivity contribution in [2.45, 2.75) is 48.0 Å². The summed E-state index contributed by atoms with van der Waals surface area (Å²) in [6, 6.07) is 0. The lowest BCUT2D eigenvalue weighted by Crippen LogP contribution is -2.29. The fourth-order valence-electron chi connectivity index (χ4n) is 1.83. The number of rotatable bonds is 5. The average molecular weight is 182 g/mol. The zero-order valence-electron chi connectivity index (χ0n) is 10.2. The Hall–Kier alpha value is -0.260. The van der Waals surface area contributed by atoms with E-state index in [1.54, 1.807) is 0 Å². The predicted octanol–water partition coefficient (Wildman–Crippen LogP) is 4.52. The van der Waals surface area contributed by atoms with Crippen LogP contribution in [-0.4, -0.2) is 0 Å². The summed E-state index contributed by atoms with van der Waals surface area (Å²) in [5.74, 6) is 2.25. The number of hydrogen-bond donors (Lipinski definition) is 0. The van der Waals surface area contributed by atoms with Gasteiger partial charge in [0.05, 0.1) is 0 Å². The zero-order chi connectivity index (χ0) is 10.6. The summed E-state index contributed by atoms with van der Waals surface area (Å²) in [7, 11) is 0. The first-order valence-electron chi connectivity index (χ1n) is 5.52. The van der Waals surface area contributed by atoms with Crippen LogP contribution in [0.4, 0.5) is 0 Å². The minimum absolute atomic E-state index is 0.309. The van der Waals surface area contributed by atoms with Gasteiger partial charge >= 0.3 is 0 Å². The molecule has 0 amide bonds. The van der Waals surface area contributed by atoms with Crippen molar-refractivity contribution in [2.24, 2.45) is 23.2 Å². The monoisotopic (exact) mass is 182 g/mol. The molecule has 3 unspecified atom stereocenters. The molecule has 0 radical (unpaired) electrons. The number of hydrogen-bond acceptors (Lipinski definition) is 0. The second-order valence-corrected chi connectivity index (χ2v) is 4.96. The van der Waals surface area contributed by atoms with Crippen molar-refractivity contribution in [3.05, 3.63) is 12.7 Å². The van der Waals surface area contributed by atoms with Crippen molar-refractivity contribution in [2.75, 3.05) is 0 Å². The van der Waals surface area contributed by atoms with Gasteiger partial charge in [-0.2, -0.15) is 0 Å². The van der Waals surface area contributed by atoms with Gasteiger partial charge in [-0.25, -0.2) is 0 Å². The van der Waals surface area contributed by atoms with Crippen LogP contribution in [0.15, 0.2) is 12.7 Å². The van der Waals surface area contributed by atoms with Crippen LogP contribution >= 0.6 is 0 Å². The van der Waals surface area contributed by atoms with E-state index < -0.39 is 0 Å². The molecule has 0 spiro atoms. The third-order valence-corrected chi connectivity index (χ3v) is 4.11. The van der Waals surface area contributed by atoms with Crippen molar-refractivity contribution < 1.29 is 0 Å². The molecule has 3 atom stereocenters. The molecule has 0 heterocycles. The van der Waals surface area contributed by atoms with Gasteiger partial charge in [-0.05, 0) is 29.6 Å². The summed E-state index contributed by atoms with van der Waals surface area (Å²) < 4.78 is 0. The average Bonchev–Trinajstić information content (AvgIpc) is 2.14. The number of allylic oxidation sites excluding steroid dienone is 1. The van der Waals surface area contributed by atoms with E-state index in [4.69, 9.17) is 0 Å². The summed E-state index contributed by atoms with van der Waals surface area (Å²) >= 11 is 0. The van der Waals surface area contributed by atoms with Crippen LogP contribution in [0.25, 0.3) is 0 Å². The smallest absolute Gasteiger partial charge is 0.0124 e. The molecule has 0 heteroatoms. The molecular weight excluding hydrogens is 156 g/mol. The maximum atomic E-state index is 3.97. The van der Waals surface area contributed by atoms with E-state index >= 15 is 0 Å². The van der Waals surface area contributed by atoms with E-state index in [0.29, 0.717) is 5.41 Å². The molecule has 13 heavy (non-hydrogen) atoms. The van der Waals surface area contributed by atoms with E-state index in [9.17, 15) is 0 Å². The van der Waals surface area contributed by atoms with Crippen LogP contribution in [0.1, 0.15) is 48.0 Å². The Balaban J connectivity index is 4.54. The normalized spacial score (nSPS) is 20.8. The second-order valence-electron chi connectivity index (χ2n) is 4.96. The van der Waals surface area contributed by atoms with Gasteiger partial charge in [-0.15, -0.1) is 6.58 Å². The second kappa shape index (κ2) is 4.83. The van der Waals surface area contributed by atoms with E-state index in [0.717, 1.165) is 17.8 Å². The summed E-state index contributed by atoms with van der Waals surface area (Å²) in [4.78, 5) is 0. The molecule has 0 aromatic heterocycles. The molecule has 0 aliphatic carbocycles. The van der Waals surface area contributed by atoms with Crippen molar-refractivity contribution in [3.63, 3.8) is 0 Å². The molecule has 0 saturated heterocycles. The van der Waals surface area contributed by atoms with Crippen molar-refractivity contribution in [3.8, 4) is 0 Å². The van der Waals surface area contributed by atoms with Gasteiger partial charge in [-0.3, -0.25) is 0 Å². The van der Waals surface area contributed by atoms with Gasteiger partial charge in [0.15, 0.2) is 0 Å². The molecule has 0 rings (SSSR count). The van der Waals surface area contributed by atoms with Crippen molar-refractivity contribution in [1.82, 2.24) is 0 Å². The molecule has 78 valence electrons. The molecule has 0 aliphatic heterocycles. The maximum absolute atomic E-state index is 3.97. The van der Waals surface area contributed by atoms with Crippen LogP contribution in [0.5, 0.6) is 0 Å². The van der Waals surface area contributed by atoms with E-state index in [1.807, 2.05) is 0 Å². The predicted molar refractivity (Wildman–Crippen MR) is 61.8 cm³/mol. The Morgan fingerprint density at radius 1 is 1.23 bits per heavy atom. The lowest BCUT2D eigenvalue weighted by molar-refractivity contribution is 0.157. The largest absolute Gasteiger partial charge is 0.103 e. The highest BCUT2D eigenvalue weighted by Gasteiger charge is 2.30. The van der Waals surface area contributed by atoms with Gasteiger partial charge in [0.25, 0.3) is 0 Å². The van der Waals surface area contributed by atoms with Crippen LogP contribution in [-0.2, 0) is 0 Å². The summed E-state index contributed by atoms with van der Waals surface area (Å²) in [6.07, 6.45) is 3.32. The molecule has 0 fully saturated rings. The van der Waals surface area contributed by atoms with E-state index in [2.05, 4.69) is 54.2 Å². The molecule has 0 aromatic carbocycles. The Bertz CT molecular complexity index is 157. The van der Waals surface area contributed by atoms with Crippen LogP contribution in [0, 0.1) is 23.2 Å². The molecule has 0 N–H and O–H groups in total. The third-order valence-electron chi connectivity index (χ3n) is 4.11. The lowest BCUT2D eigenvalue weighted by atomic mass is 9.68. The molecule has 0 saturated carbocycles. The minimum Gasteiger partial charge on any atom is -0.103 e. The minimum atomic E-state index is 0.309. The van der Waals surface area contributed by atoms with Crippen LogP contribution in [0.2, 0.25) is 0 Å². The first-order chi connectivity index (χ1) is 5.89. The summed E-state index contributed by atoms with van der Waals surface area (Å²) in [6.45, 7) is 17.9. The zero-order valence-corrected chi connectivity index (χ0v) is 10.2. The molecular formula is C13H26. The Labute approximate surface area is 84.4 Å². The van der Waals surface area contributed by atoms with Crippen LogP contribution in [0.3, 0.4) is 0 Å². The van der Waals surface area contributed by atoms with Crippen LogP contribution < -0.4 is 0 Å². The summed E-state index contributed by atoms with van der Waals surface area (Å²) in [5, 5.41) is 0. The Morgan fingerprint density at radius 2 is 1.69 bits per heavy atom. The lowest BCUT2D eigenvalue weighted by Gasteiger charge is -2.37. The highest BCUT2D eigenvalue weighted by Crippen LogP contribution is 2.39. The fraction of sp³-hybridized carbons (Fsp3) is 0.846. The van der Waals surface area contributed by atoms with Crippen molar-refractivity contribution in [1.29, 1.82) is 0 Å². The maximum Gasteiger partial charge on any atom is -0.0124 e. The van der Waals surface area contributed by atoms with E-state index in [1.165, 1.54) is 6.42 Å². The van der Waals surface area contributed by atoms with Gasteiger partial charge in [0, 0.05) is 0 Å². The molecule has 0 nitrogen and oxygen atoms in total. The van der Waals surface area contributed by atoms with Gasteiger partial charge < -0.3 is 0 Å². The highest BCUT2D eigenvalue weighted by atomic mass is 14.4. The van der Waals surface area contributed by atoms with E-state index in [-0.39, 0.29) is 0 Å². The van der Waals surface area contributed by atoms with Crippen molar-refractivity contribution >= 4 is 0 Å². The van der Waals surface area contributed by atoms with Gasteiger partial charge in [-0.1, -0.05) is 47.6 Å². The Morgan fingerprint density at radius 3 is 1.92 bits per heavy atom. The third kappa shape index (κ3) is 2.86. The first kappa shape index (κ1) is 12.7. The SMILES string of the molecule is C=CC(C)(CC)C(C)C(C)C(C)C. The molecule has 0 aromatic rings. The highest BCUT2D eigenvalue weighted by molar-refractivity contribution is 4.95. The fourth-order valence-corrected chi connectivity index (χ4v) is 1.83. The quantitative estimate of drug-likeness (QED) is 0.548. The standard InChI is InChI=1S/C13H26/c1-8-13(7,9-2)12(6)11(5)10(3)4/h8,10-12H,1,9H2,2-7H3.